The van der Waals surface area contributed by atoms with Crippen molar-refractivity contribution in [1.82, 2.24) is 9.97 Å². The van der Waals surface area contributed by atoms with Crippen molar-refractivity contribution >= 4 is 29.3 Å². The maximum atomic E-state index is 10.9. The quantitative estimate of drug-likeness (QED) is 0.853. The van der Waals surface area contributed by atoms with Crippen LogP contribution in [0.4, 0.5) is 0 Å². The molecule has 2 aromatic heterocycles. The number of primary amides is 1. The number of rotatable bonds is 2. The first-order valence-electron chi connectivity index (χ1n) is 4.32. The van der Waals surface area contributed by atoms with Crippen LogP contribution in [0.25, 0.3) is 11.0 Å². The van der Waals surface area contributed by atoms with Crippen LogP contribution in [0, 0.1) is 0 Å². The van der Waals surface area contributed by atoms with E-state index >= 15 is 0 Å². The van der Waals surface area contributed by atoms with Crippen molar-refractivity contribution in [3.05, 3.63) is 30.0 Å². The van der Waals surface area contributed by atoms with Crippen LogP contribution in [-0.2, 0) is 0 Å². The van der Waals surface area contributed by atoms with Crippen molar-refractivity contribution in [3.63, 3.8) is 0 Å². The van der Waals surface area contributed by atoms with Crippen molar-refractivity contribution in [2.45, 2.75) is 0 Å². The molecule has 0 unspecified atom stereocenters. The van der Waals surface area contributed by atoms with E-state index in [1.54, 1.807) is 25.3 Å². The number of carbonyl (C=O) groups is 1. The van der Waals surface area contributed by atoms with E-state index in [1.807, 2.05) is 0 Å². The number of ether oxygens (including phenoxy) is 1. The Hall–Kier alpha value is -1.88. The smallest absolute Gasteiger partial charge is 0.267 e. The molecule has 2 rings (SSSR count). The van der Waals surface area contributed by atoms with Crippen molar-refractivity contribution in [2.75, 3.05) is 7.11 Å². The van der Waals surface area contributed by atoms with Gasteiger partial charge in [0.25, 0.3) is 5.91 Å². The largest absolute Gasteiger partial charge is 0.481 e. The number of carbonyl (C=O) groups excluding carboxylic acids is 1. The summed E-state index contributed by atoms with van der Waals surface area (Å²) in [6.07, 6.45) is 0. The summed E-state index contributed by atoms with van der Waals surface area (Å²) >= 11 is 0. The lowest BCUT2D eigenvalue weighted by molar-refractivity contribution is 0.0996. The van der Waals surface area contributed by atoms with Crippen LogP contribution >= 0.6 is 12.4 Å². The fraction of sp³-hybridized carbons (Fsp3) is 0.100. The van der Waals surface area contributed by atoms with Crippen molar-refractivity contribution in [3.8, 4) is 5.88 Å². The summed E-state index contributed by atoms with van der Waals surface area (Å²) in [7, 11) is 1.54. The van der Waals surface area contributed by atoms with Gasteiger partial charge in [0.15, 0.2) is 0 Å². The Labute approximate surface area is 98.1 Å². The number of hydrogen-bond acceptors (Lipinski definition) is 4. The average Bonchev–Trinajstić information content (AvgIpc) is 2.27. The lowest BCUT2D eigenvalue weighted by Gasteiger charge is -2.01. The van der Waals surface area contributed by atoms with Crippen molar-refractivity contribution in [1.29, 1.82) is 0 Å². The molecule has 5 nitrogen and oxygen atoms in total. The van der Waals surface area contributed by atoms with Gasteiger partial charge >= 0.3 is 0 Å². The number of fused-ring (bicyclic) bond motifs is 1. The SMILES string of the molecule is COc1ccc2nc(C(N)=O)ccc2n1.Cl. The van der Waals surface area contributed by atoms with E-state index in [0.717, 1.165) is 0 Å². The Balaban J connectivity index is 0.00000128. The Bertz CT molecular complexity index is 530. The van der Waals surface area contributed by atoms with Gasteiger partial charge in [-0.15, -0.1) is 12.4 Å². The zero-order valence-corrected chi connectivity index (χ0v) is 9.32. The lowest BCUT2D eigenvalue weighted by atomic mass is 10.2. The predicted octanol–water partition coefficient (Wildman–Crippen LogP) is 1.16. The average molecular weight is 240 g/mol. The molecule has 0 aliphatic rings. The van der Waals surface area contributed by atoms with E-state index in [9.17, 15) is 4.79 Å². The molecule has 2 N–H and O–H groups in total. The molecular weight excluding hydrogens is 230 g/mol. The second-order valence-electron chi connectivity index (χ2n) is 2.95. The first-order valence-corrected chi connectivity index (χ1v) is 4.32. The van der Waals surface area contributed by atoms with E-state index < -0.39 is 5.91 Å². The molecular formula is C10H10ClN3O2. The van der Waals surface area contributed by atoms with Gasteiger partial charge < -0.3 is 10.5 Å². The van der Waals surface area contributed by atoms with Gasteiger partial charge in [0.2, 0.25) is 5.88 Å². The van der Waals surface area contributed by atoms with Crippen LogP contribution in [-0.4, -0.2) is 23.0 Å². The predicted molar refractivity (Wildman–Crippen MR) is 61.9 cm³/mol. The van der Waals surface area contributed by atoms with Gasteiger partial charge in [0.05, 0.1) is 18.1 Å². The summed E-state index contributed by atoms with van der Waals surface area (Å²) in [5.74, 6) is -0.0381. The molecule has 0 aromatic carbocycles. The number of methoxy groups -OCH3 is 1. The minimum Gasteiger partial charge on any atom is -0.481 e. The highest BCUT2D eigenvalue weighted by Crippen LogP contribution is 2.14. The maximum Gasteiger partial charge on any atom is 0.267 e. The fourth-order valence-corrected chi connectivity index (χ4v) is 1.24. The Morgan fingerprint density at radius 1 is 1.19 bits per heavy atom. The molecule has 0 aliphatic heterocycles. The summed E-state index contributed by atoms with van der Waals surface area (Å²) in [6.45, 7) is 0. The van der Waals surface area contributed by atoms with E-state index in [-0.39, 0.29) is 18.1 Å². The van der Waals surface area contributed by atoms with E-state index in [2.05, 4.69) is 9.97 Å². The number of halogens is 1. The highest BCUT2D eigenvalue weighted by molar-refractivity contribution is 5.93. The minimum atomic E-state index is -0.548. The molecule has 1 amide bonds. The fourth-order valence-electron chi connectivity index (χ4n) is 1.24. The summed E-state index contributed by atoms with van der Waals surface area (Å²) < 4.78 is 4.97. The first-order chi connectivity index (χ1) is 7.20. The minimum absolute atomic E-state index is 0. The lowest BCUT2D eigenvalue weighted by Crippen LogP contribution is -2.12. The van der Waals surface area contributed by atoms with Crippen molar-refractivity contribution in [2.24, 2.45) is 5.73 Å². The van der Waals surface area contributed by atoms with E-state index in [4.69, 9.17) is 10.5 Å². The van der Waals surface area contributed by atoms with Crippen LogP contribution in [0.5, 0.6) is 5.88 Å². The van der Waals surface area contributed by atoms with E-state index in [0.29, 0.717) is 16.9 Å². The summed E-state index contributed by atoms with van der Waals surface area (Å²) in [4.78, 5) is 19.1. The van der Waals surface area contributed by atoms with Crippen LogP contribution in [0.2, 0.25) is 0 Å². The summed E-state index contributed by atoms with van der Waals surface area (Å²) in [5.41, 5.74) is 6.63. The first kappa shape index (κ1) is 12.2. The van der Waals surface area contributed by atoms with Gasteiger partial charge in [0.1, 0.15) is 5.69 Å². The van der Waals surface area contributed by atoms with Crippen LogP contribution in [0.1, 0.15) is 10.5 Å². The standard InChI is InChI=1S/C10H9N3O2.ClH/c1-15-9-5-4-6-7(13-9)2-3-8(12-6)10(11)14;/h2-5H,1H3,(H2,11,14);1H. The molecule has 0 radical (unpaired) electrons. The van der Waals surface area contributed by atoms with Gasteiger partial charge in [-0.3, -0.25) is 4.79 Å². The van der Waals surface area contributed by atoms with Crippen LogP contribution in [0.3, 0.4) is 0 Å². The van der Waals surface area contributed by atoms with Gasteiger partial charge in [-0.25, -0.2) is 9.97 Å². The molecule has 0 saturated heterocycles. The second-order valence-corrected chi connectivity index (χ2v) is 2.95. The highest BCUT2D eigenvalue weighted by Gasteiger charge is 2.04. The summed E-state index contributed by atoms with van der Waals surface area (Å²) in [6, 6.07) is 6.63. The molecule has 2 heterocycles. The normalized spacial score (nSPS) is 9.56. The number of nitrogens with zero attached hydrogens (tertiary/aromatic N) is 2. The third-order valence-electron chi connectivity index (χ3n) is 1.98. The molecule has 0 bridgehead atoms. The van der Waals surface area contributed by atoms with Crippen LogP contribution < -0.4 is 10.5 Å². The number of amides is 1. The molecule has 6 heteroatoms. The number of hydrogen-bond donors (Lipinski definition) is 1. The number of nitrogens with two attached hydrogens (primary N) is 1. The van der Waals surface area contributed by atoms with Gasteiger partial charge in [-0.1, -0.05) is 0 Å². The molecule has 0 spiro atoms. The van der Waals surface area contributed by atoms with Gasteiger partial charge in [-0.2, -0.15) is 0 Å². The monoisotopic (exact) mass is 239 g/mol. The highest BCUT2D eigenvalue weighted by atomic mass is 35.5. The molecule has 16 heavy (non-hydrogen) atoms. The zero-order chi connectivity index (χ0) is 10.8. The number of pyridine rings is 2. The third kappa shape index (κ3) is 2.20. The van der Waals surface area contributed by atoms with Gasteiger partial charge in [0, 0.05) is 6.07 Å². The third-order valence-corrected chi connectivity index (χ3v) is 1.98. The Morgan fingerprint density at radius 3 is 2.44 bits per heavy atom. The van der Waals surface area contributed by atoms with Crippen LogP contribution in [0.15, 0.2) is 24.3 Å². The number of aromatic nitrogens is 2. The molecule has 0 saturated carbocycles. The zero-order valence-electron chi connectivity index (χ0n) is 8.51. The molecule has 0 aliphatic carbocycles. The molecule has 0 fully saturated rings. The van der Waals surface area contributed by atoms with E-state index in [1.165, 1.54) is 6.07 Å². The Morgan fingerprint density at radius 2 is 1.81 bits per heavy atom. The Kier molecular flexibility index (Phi) is 3.63. The summed E-state index contributed by atoms with van der Waals surface area (Å²) in [5, 5.41) is 0. The maximum absolute atomic E-state index is 10.9. The topological polar surface area (TPSA) is 78.1 Å². The molecule has 2 aromatic rings. The van der Waals surface area contributed by atoms with Gasteiger partial charge in [-0.05, 0) is 18.2 Å². The van der Waals surface area contributed by atoms with Crippen molar-refractivity contribution < 1.29 is 9.53 Å². The molecule has 84 valence electrons. The molecule has 0 atom stereocenters. The second kappa shape index (κ2) is 4.76.